The van der Waals surface area contributed by atoms with Crippen LogP contribution in [0.25, 0.3) is 21.7 Å². The summed E-state index contributed by atoms with van der Waals surface area (Å²) in [7, 11) is 0. The van der Waals surface area contributed by atoms with Crippen LogP contribution in [0.4, 0.5) is 5.82 Å². The molecular formula is C26H25ClN6O. The number of nitrogens with one attached hydrogen (secondary N) is 1. The van der Waals surface area contributed by atoms with Crippen molar-refractivity contribution in [3.8, 4) is 0 Å². The molecule has 0 aliphatic heterocycles. The predicted molar refractivity (Wildman–Crippen MR) is 139 cm³/mol. The molecule has 0 saturated heterocycles. The fraction of sp³-hybridized carbons (Fsp3) is 0.154. The van der Waals surface area contributed by atoms with Crippen LogP contribution in [0, 0.1) is 13.8 Å². The smallest absolute Gasteiger partial charge is 0.254 e. The molecule has 2 aromatic heterocycles. The minimum atomic E-state index is -0.297. The SMILES string of the molecule is Cc1cc2c(N)nccc2c(C)c1CNC(=O)/C(C=NCc1ccc2ncc(Cl)cc2c1)=C/N. The number of benzene rings is 2. The van der Waals surface area contributed by atoms with Crippen molar-refractivity contribution in [2.24, 2.45) is 10.7 Å². The summed E-state index contributed by atoms with van der Waals surface area (Å²) in [5.41, 5.74) is 17.0. The first kappa shape index (κ1) is 23.2. The van der Waals surface area contributed by atoms with Gasteiger partial charge in [-0.05, 0) is 71.8 Å². The van der Waals surface area contributed by atoms with Crippen molar-refractivity contribution in [3.05, 3.63) is 87.8 Å². The van der Waals surface area contributed by atoms with Gasteiger partial charge in [-0.2, -0.15) is 0 Å². The van der Waals surface area contributed by atoms with Gasteiger partial charge in [-0.15, -0.1) is 0 Å². The number of nitrogens with two attached hydrogens (primary N) is 2. The maximum atomic E-state index is 12.7. The number of carbonyl (C=O) groups is 1. The van der Waals surface area contributed by atoms with E-state index in [-0.39, 0.29) is 11.5 Å². The third-order valence-corrected chi connectivity index (χ3v) is 6.01. The first-order valence-corrected chi connectivity index (χ1v) is 11.1. The van der Waals surface area contributed by atoms with Crippen LogP contribution in [0.2, 0.25) is 5.02 Å². The zero-order valence-electron chi connectivity index (χ0n) is 19.0. The summed E-state index contributed by atoms with van der Waals surface area (Å²) in [5, 5.41) is 6.39. The number of halogens is 1. The summed E-state index contributed by atoms with van der Waals surface area (Å²) in [5.74, 6) is 0.198. The number of aryl methyl sites for hydroxylation is 2. The molecule has 0 saturated carbocycles. The topological polar surface area (TPSA) is 119 Å². The predicted octanol–water partition coefficient (Wildman–Crippen LogP) is 4.37. The third kappa shape index (κ3) is 4.84. The number of fused-ring (bicyclic) bond motifs is 2. The molecule has 2 aromatic carbocycles. The van der Waals surface area contributed by atoms with Gasteiger partial charge >= 0.3 is 0 Å². The van der Waals surface area contributed by atoms with Gasteiger partial charge < -0.3 is 16.8 Å². The second-order valence-corrected chi connectivity index (χ2v) is 8.48. The Morgan fingerprint density at radius 2 is 1.97 bits per heavy atom. The normalized spacial score (nSPS) is 12.0. The third-order valence-electron chi connectivity index (χ3n) is 5.80. The lowest BCUT2D eigenvalue weighted by Gasteiger charge is -2.15. The van der Waals surface area contributed by atoms with Crippen molar-refractivity contribution >= 4 is 51.2 Å². The maximum Gasteiger partial charge on any atom is 0.254 e. The van der Waals surface area contributed by atoms with Crippen LogP contribution in [0.1, 0.15) is 22.3 Å². The molecule has 4 rings (SSSR count). The number of hydrogen-bond donors (Lipinski definition) is 3. The van der Waals surface area contributed by atoms with E-state index in [9.17, 15) is 4.79 Å². The van der Waals surface area contributed by atoms with E-state index >= 15 is 0 Å². The summed E-state index contributed by atoms with van der Waals surface area (Å²) >= 11 is 6.03. The lowest BCUT2D eigenvalue weighted by atomic mass is 9.96. The van der Waals surface area contributed by atoms with Crippen LogP contribution in [0.15, 0.2) is 65.6 Å². The van der Waals surface area contributed by atoms with Crippen molar-refractivity contribution in [2.75, 3.05) is 5.73 Å². The zero-order chi connectivity index (χ0) is 24.2. The van der Waals surface area contributed by atoms with E-state index in [1.54, 1.807) is 12.4 Å². The number of aliphatic imine (C=N–C) groups is 1. The molecule has 0 bridgehead atoms. The highest BCUT2D eigenvalue weighted by atomic mass is 35.5. The summed E-state index contributed by atoms with van der Waals surface area (Å²) in [6, 6.07) is 11.6. The summed E-state index contributed by atoms with van der Waals surface area (Å²) < 4.78 is 0. The molecule has 4 aromatic rings. The maximum absolute atomic E-state index is 12.7. The monoisotopic (exact) mass is 472 g/mol. The molecule has 0 unspecified atom stereocenters. The minimum Gasteiger partial charge on any atom is -0.404 e. The van der Waals surface area contributed by atoms with Crippen molar-refractivity contribution in [3.63, 3.8) is 0 Å². The largest absolute Gasteiger partial charge is 0.404 e. The number of nitrogen functional groups attached to an aromatic ring is 1. The number of nitrogens with zero attached hydrogens (tertiary/aromatic N) is 3. The minimum absolute atomic E-state index is 0.287. The average Bonchev–Trinajstić information content (AvgIpc) is 2.82. The number of carbonyl (C=O) groups excluding carboxylic acids is 1. The van der Waals surface area contributed by atoms with Gasteiger partial charge in [0.2, 0.25) is 0 Å². The van der Waals surface area contributed by atoms with Gasteiger partial charge in [0.05, 0.1) is 22.7 Å². The van der Waals surface area contributed by atoms with Crippen molar-refractivity contribution in [1.82, 2.24) is 15.3 Å². The molecule has 0 aliphatic carbocycles. The highest BCUT2D eigenvalue weighted by Crippen LogP contribution is 2.27. The Labute approximate surface area is 202 Å². The number of amides is 1. The van der Waals surface area contributed by atoms with Crippen molar-refractivity contribution in [2.45, 2.75) is 26.9 Å². The van der Waals surface area contributed by atoms with Crippen molar-refractivity contribution in [1.29, 1.82) is 0 Å². The van der Waals surface area contributed by atoms with E-state index in [1.807, 2.05) is 50.2 Å². The molecule has 0 radical (unpaired) electrons. The molecule has 8 heteroatoms. The number of hydrogen-bond acceptors (Lipinski definition) is 6. The molecule has 0 fully saturated rings. The second-order valence-electron chi connectivity index (χ2n) is 8.04. The lowest BCUT2D eigenvalue weighted by Crippen LogP contribution is -2.26. The molecule has 2 heterocycles. The molecule has 34 heavy (non-hydrogen) atoms. The average molecular weight is 473 g/mol. The zero-order valence-corrected chi connectivity index (χ0v) is 19.7. The molecule has 0 atom stereocenters. The van der Waals surface area contributed by atoms with Crippen LogP contribution in [-0.2, 0) is 17.9 Å². The number of pyridine rings is 2. The number of anilines is 1. The van der Waals surface area contributed by atoms with Crippen LogP contribution in [0.3, 0.4) is 0 Å². The Bertz CT molecular complexity index is 1460. The van der Waals surface area contributed by atoms with Crippen molar-refractivity contribution < 1.29 is 4.79 Å². The van der Waals surface area contributed by atoms with E-state index in [4.69, 9.17) is 23.1 Å². The number of rotatable bonds is 6. The Morgan fingerprint density at radius 3 is 2.76 bits per heavy atom. The fourth-order valence-electron chi connectivity index (χ4n) is 3.95. The quantitative estimate of drug-likeness (QED) is 0.284. The molecular weight excluding hydrogens is 448 g/mol. The Kier molecular flexibility index (Phi) is 6.75. The van der Waals surface area contributed by atoms with Gasteiger partial charge in [-0.25, -0.2) is 4.98 Å². The molecule has 1 amide bonds. The van der Waals surface area contributed by atoms with Crippen LogP contribution in [0.5, 0.6) is 0 Å². The highest BCUT2D eigenvalue weighted by molar-refractivity contribution is 6.31. The van der Waals surface area contributed by atoms with E-state index in [0.29, 0.717) is 23.9 Å². The Balaban J connectivity index is 1.44. The van der Waals surface area contributed by atoms with E-state index < -0.39 is 0 Å². The van der Waals surface area contributed by atoms with E-state index in [2.05, 4.69) is 20.3 Å². The molecule has 0 aliphatic rings. The summed E-state index contributed by atoms with van der Waals surface area (Å²) in [4.78, 5) is 25.6. The lowest BCUT2D eigenvalue weighted by molar-refractivity contribution is -0.117. The first-order chi connectivity index (χ1) is 16.4. The number of aromatic nitrogens is 2. The van der Waals surface area contributed by atoms with Crippen LogP contribution < -0.4 is 16.8 Å². The van der Waals surface area contributed by atoms with Gasteiger partial charge in [-0.1, -0.05) is 17.7 Å². The summed E-state index contributed by atoms with van der Waals surface area (Å²) in [6.07, 6.45) is 6.05. The molecule has 7 nitrogen and oxygen atoms in total. The second kappa shape index (κ2) is 9.89. The van der Waals surface area contributed by atoms with Gasteiger partial charge in [0, 0.05) is 42.1 Å². The van der Waals surface area contributed by atoms with Crippen LogP contribution in [-0.4, -0.2) is 22.1 Å². The van der Waals surface area contributed by atoms with Gasteiger partial charge in [0.1, 0.15) is 5.82 Å². The molecule has 5 N–H and O–H groups in total. The fourth-order valence-corrected chi connectivity index (χ4v) is 4.12. The highest BCUT2D eigenvalue weighted by Gasteiger charge is 2.12. The first-order valence-electron chi connectivity index (χ1n) is 10.7. The van der Waals surface area contributed by atoms with E-state index in [0.717, 1.165) is 43.9 Å². The Morgan fingerprint density at radius 1 is 1.15 bits per heavy atom. The van der Waals surface area contributed by atoms with Gasteiger partial charge in [0.25, 0.3) is 5.91 Å². The van der Waals surface area contributed by atoms with Gasteiger partial charge in [0.15, 0.2) is 0 Å². The Hall–Kier alpha value is -3.97. The standard InChI is InChI=1S/C26H25ClN6O/c1-15-7-22-21(5-6-31-25(22)29)16(2)23(15)14-33-26(34)19(10-28)12-30-11-17-3-4-24-18(8-17)9-20(27)13-32-24/h3-10,12-13H,11,14,28H2,1-2H3,(H2,29,31)(H,33,34)/b19-10+,30-12?. The summed E-state index contributed by atoms with van der Waals surface area (Å²) in [6.45, 7) is 4.77. The van der Waals surface area contributed by atoms with E-state index in [1.165, 1.54) is 12.4 Å². The van der Waals surface area contributed by atoms with Gasteiger partial charge in [-0.3, -0.25) is 14.8 Å². The van der Waals surface area contributed by atoms with Crippen LogP contribution >= 0.6 is 11.6 Å². The molecule has 0 spiro atoms. The molecule has 172 valence electrons.